The van der Waals surface area contributed by atoms with E-state index in [4.69, 9.17) is 4.74 Å². The van der Waals surface area contributed by atoms with Crippen LogP contribution in [0.1, 0.15) is 58.3 Å². The molecule has 5 heteroatoms. The first-order chi connectivity index (χ1) is 11.6. The van der Waals surface area contributed by atoms with E-state index < -0.39 is 11.8 Å². The number of aliphatic hydroxyl groups excluding tert-OH is 1. The molecule has 1 aliphatic carbocycles. The minimum atomic E-state index is -0.931. The molecule has 4 aliphatic heterocycles. The maximum absolute atomic E-state index is 11.9. The van der Waals surface area contributed by atoms with E-state index in [1.807, 2.05) is 0 Å². The number of hydrogen-bond donors (Lipinski definition) is 2. The Balaban J connectivity index is 1.70. The third-order valence-corrected chi connectivity index (χ3v) is 6.56. The topological polar surface area (TPSA) is 61.8 Å². The fraction of sp³-hybridized carbons (Fsp3) is 0.632. The molecule has 5 aliphatic rings. The van der Waals surface area contributed by atoms with Crippen molar-refractivity contribution < 1.29 is 14.6 Å². The summed E-state index contributed by atoms with van der Waals surface area (Å²) in [4.78, 5) is 14.2. The van der Waals surface area contributed by atoms with Crippen LogP contribution in [0.4, 0.5) is 0 Å². The van der Waals surface area contributed by atoms with Crippen LogP contribution in [0.5, 0.6) is 0 Å². The molecule has 0 aromatic carbocycles. The number of amides is 1. The molecule has 5 rings (SSSR count). The van der Waals surface area contributed by atoms with Crippen molar-refractivity contribution in [1.82, 2.24) is 10.2 Å². The summed E-state index contributed by atoms with van der Waals surface area (Å²) >= 11 is 0. The first-order valence-electron chi connectivity index (χ1n) is 9.14. The number of hydrogen-bond acceptors (Lipinski definition) is 4. The van der Waals surface area contributed by atoms with Gasteiger partial charge >= 0.3 is 0 Å². The lowest BCUT2D eigenvalue weighted by molar-refractivity contribution is -0.122. The molecular weight excluding hydrogens is 304 g/mol. The predicted molar refractivity (Wildman–Crippen MR) is 88.0 cm³/mol. The van der Waals surface area contributed by atoms with Crippen LogP contribution in [-0.2, 0) is 9.53 Å². The number of aliphatic hydroxyl groups is 1. The Morgan fingerprint density at radius 2 is 2.25 bits per heavy atom. The minimum absolute atomic E-state index is 0.110. The summed E-state index contributed by atoms with van der Waals surface area (Å²) in [6.07, 6.45) is 10.9. The highest BCUT2D eigenvalue weighted by atomic mass is 16.5. The van der Waals surface area contributed by atoms with Gasteiger partial charge in [-0.2, -0.15) is 0 Å². The van der Waals surface area contributed by atoms with Crippen LogP contribution >= 0.6 is 0 Å². The molecule has 4 heterocycles. The molecule has 128 valence electrons. The van der Waals surface area contributed by atoms with Crippen LogP contribution < -0.4 is 5.32 Å². The molecule has 2 saturated heterocycles. The van der Waals surface area contributed by atoms with E-state index in [1.165, 1.54) is 29.8 Å². The molecule has 2 N–H and O–H groups in total. The monoisotopic (exact) mass is 328 g/mol. The maximum atomic E-state index is 11.9. The molecule has 0 aromatic heterocycles. The van der Waals surface area contributed by atoms with Gasteiger partial charge in [-0.15, -0.1) is 0 Å². The maximum Gasteiger partial charge on any atom is 0.225 e. The number of nitrogens with one attached hydrogen (secondary N) is 1. The van der Waals surface area contributed by atoms with E-state index in [1.54, 1.807) is 0 Å². The second-order valence-corrected chi connectivity index (χ2v) is 7.86. The molecule has 0 radical (unpaired) electrons. The lowest BCUT2D eigenvalue weighted by Crippen LogP contribution is -2.48. The van der Waals surface area contributed by atoms with Crippen LogP contribution in [0, 0.1) is 5.41 Å². The number of rotatable bonds is 0. The Labute approximate surface area is 142 Å². The molecule has 3 atom stereocenters. The van der Waals surface area contributed by atoms with Crippen LogP contribution in [0.25, 0.3) is 0 Å². The molecule has 1 saturated carbocycles. The van der Waals surface area contributed by atoms with Gasteiger partial charge in [0.1, 0.15) is 11.9 Å². The molecule has 1 amide bonds. The van der Waals surface area contributed by atoms with Gasteiger partial charge in [-0.1, -0.05) is 12.5 Å². The molecule has 24 heavy (non-hydrogen) atoms. The summed E-state index contributed by atoms with van der Waals surface area (Å²) in [6, 6.07) is 0. The number of nitrogens with zero attached hydrogens (tertiary/aromatic N) is 1. The van der Waals surface area contributed by atoms with Crippen molar-refractivity contribution in [3.05, 3.63) is 35.0 Å². The van der Waals surface area contributed by atoms with Gasteiger partial charge in [0.15, 0.2) is 0 Å². The standard InChI is InChI=1S/C19H24N2O3/c1-12-13-6-2-4-8-18(13)11-19(15(22)10-16(23)20-19)24-17(18)14-7-3-5-9-21(12)14/h5,9,15,22H,2-4,6-8,10-11H2,1H3,(H,20,23). The molecule has 0 aromatic rings. The minimum Gasteiger partial charge on any atom is -0.467 e. The fourth-order valence-electron chi connectivity index (χ4n) is 5.53. The van der Waals surface area contributed by atoms with Gasteiger partial charge in [-0.3, -0.25) is 4.79 Å². The Hall–Kier alpha value is -1.75. The largest absolute Gasteiger partial charge is 0.467 e. The van der Waals surface area contributed by atoms with Gasteiger partial charge < -0.3 is 20.1 Å². The normalized spacial score (nSPS) is 40.5. The summed E-state index contributed by atoms with van der Waals surface area (Å²) in [6.45, 7) is 2.21. The van der Waals surface area contributed by atoms with Gasteiger partial charge in [0.25, 0.3) is 0 Å². The van der Waals surface area contributed by atoms with Crippen molar-refractivity contribution in [2.24, 2.45) is 5.41 Å². The fourth-order valence-corrected chi connectivity index (χ4v) is 5.53. The van der Waals surface area contributed by atoms with Gasteiger partial charge in [0.05, 0.1) is 17.5 Å². The van der Waals surface area contributed by atoms with Crippen LogP contribution in [0.2, 0.25) is 0 Å². The Morgan fingerprint density at radius 3 is 3.04 bits per heavy atom. The smallest absolute Gasteiger partial charge is 0.225 e. The first kappa shape index (κ1) is 14.6. The van der Waals surface area contributed by atoms with Gasteiger partial charge in [0.2, 0.25) is 11.6 Å². The van der Waals surface area contributed by atoms with E-state index in [9.17, 15) is 9.90 Å². The Kier molecular flexibility index (Phi) is 2.83. The average molecular weight is 328 g/mol. The van der Waals surface area contributed by atoms with Gasteiger partial charge in [-0.05, 0) is 44.6 Å². The highest BCUT2D eigenvalue weighted by Gasteiger charge is 2.64. The van der Waals surface area contributed by atoms with Crippen molar-refractivity contribution in [2.45, 2.75) is 70.1 Å². The highest BCUT2D eigenvalue weighted by Crippen LogP contribution is 2.63. The molecule has 0 bridgehead atoms. The second-order valence-electron chi connectivity index (χ2n) is 7.86. The van der Waals surface area contributed by atoms with E-state index >= 15 is 0 Å². The summed E-state index contributed by atoms with van der Waals surface area (Å²) in [7, 11) is 0. The lowest BCUT2D eigenvalue weighted by atomic mass is 9.63. The number of carbonyl (C=O) groups is 1. The van der Waals surface area contributed by atoms with Crippen molar-refractivity contribution in [3.63, 3.8) is 0 Å². The second kappa shape index (κ2) is 4.66. The summed E-state index contributed by atoms with van der Waals surface area (Å²) < 4.78 is 6.46. The Bertz CT molecular complexity index is 722. The third kappa shape index (κ3) is 1.66. The molecule has 3 fully saturated rings. The van der Waals surface area contributed by atoms with E-state index in [0.29, 0.717) is 6.42 Å². The molecular formula is C19H24N2O3. The van der Waals surface area contributed by atoms with E-state index in [2.05, 4.69) is 29.4 Å². The summed E-state index contributed by atoms with van der Waals surface area (Å²) in [5.41, 5.74) is 2.94. The van der Waals surface area contributed by atoms with Crippen molar-refractivity contribution in [3.8, 4) is 0 Å². The third-order valence-electron chi connectivity index (χ3n) is 6.56. The van der Waals surface area contributed by atoms with E-state index in [0.717, 1.165) is 31.4 Å². The predicted octanol–water partition coefficient (Wildman–Crippen LogP) is 2.65. The van der Waals surface area contributed by atoms with Crippen molar-refractivity contribution in [1.29, 1.82) is 0 Å². The van der Waals surface area contributed by atoms with Crippen molar-refractivity contribution in [2.75, 3.05) is 0 Å². The number of allylic oxidation sites excluding steroid dienone is 4. The number of carbonyl (C=O) groups excluding carboxylic acids is 1. The van der Waals surface area contributed by atoms with Crippen LogP contribution in [0.3, 0.4) is 0 Å². The molecule has 2 spiro atoms. The average Bonchev–Trinajstić information content (AvgIpc) is 3.04. The van der Waals surface area contributed by atoms with Crippen molar-refractivity contribution >= 4 is 5.91 Å². The zero-order chi connectivity index (χ0) is 16.5. The number of ether oxygens (including phenoxy) is 1. The highest BCUT2D eigenvalue weighted by molar-refractivity contribution is 5.80. The van der Waals surface area contributed by atoms with E-state index in [-0.39, 0.29) is 17.7 Å². The van der Waals surface area contributed by atoms with Crippen LogP contribution in [-0.4, -0.2) is 27.7 Å². The number of fused-ring (bicyclic) bond motifs is 1. The zero-order valence-electron chi connectivity index (χ0n) is 14.1. The first-order valence-corrected chi connectivity index (χ1v) is 9.14. The lowest BCUT2D eigenvalue weighted by Gasteiger charge is -2.45. The molecule has 3 unspecified atom stereocenters. The van der Waals surface area contributed by atoms with Crippen LogP contribution in [0.15, 0.2) is 35.0 Å². The Morgan fingerprint density at radius 1 is 1.38 bits per heavy atom. The van der Waals surface area contributed by atoms with Gasteiger partial charge in [0, 0.05) is 18.3 Å². The summed E-state index contributed by atoms with van der Waals surface area (Å²) in [5, 5.41) is 13.5. The SMILES string of the molecule is CC1=C2CCCCC23CC2(NC(=O)CC2O)OC3=C2CCC=CN12. The quantitative estimate of drug-likeness (QED) is 0.718. The van der Waals surface area contributed by atoms with Gasteiger partial charge in [-0.25, -0.2) is 0 Å². The summed E-state index contributed by atoms with van der Waals surface area (Å²) in [5.74, 6) is 0.912. The molecule has 5 nitrogen and oxygen atoms in total. The zero-order valence-corrected chi connectivity index (χ0v) is 14.1.